The molecule has 20 heavy (non-hydrogen) atoms. The van der Waals surface area contributed by atoms with Crippen LogP contribution in [0.1, 0.15) is 22.7 Å². The zero-order chi connectivity index (χ0) is 14.1. The number of nitrogens with two attached hydrogens (primary N) is 1. The highest BCUT2D eigenvalue weighted by Gasteiger charge is 2.15. The van der Waals surface area contributed by atoms with Gasteiger partial charge in [-0.3, -0.25) is 0 Å². The monoisotopic (exact) mass is 281 g/mol. The van der Waals surface area contributed by atoms with Gasteiger partial charge in [-0.05, 0) is 34.4 Å². The Morgan fingerprint density at radius 3 is 2.35 bits per heavy atom. The van der Waals surface area contributed by atoms with Gasteiger partial charge < -0.3 is 5.73 Å². The van der Waals surface area contributed by atoms with E-state index in [9.17, 15) is 0 Å². The summed E-state index contributed by atoms with van der Waals surface area (Å²) in [7, 11) is 0. The molecule has 0 amide bonds. The van der Waals surface area contributed by atoms with Crippen molar-refractivity contribution in [2.75, 3.05) is 0 Å². The second-order valence-electron chi connectivity index (χ2n) is 5.02. The van der Waals surface area contributed by atoms with Crippen LogP contribution in [0.25, 0.3) is 10.8 Å². The lowest BCUT2D eigenvalue weighted by Crippen LogP contribution is -2.13. The van der Waals surface area contributed by atoms with Crippen LogP contribution in [-0.4, -0.2) is 0 Å². The second kappa shape index (κ2) is 5.28. The second-order valence-corrected chi connectivity index (χ2v) is 5.40. The van der Waals surface area contributed by atoms with E-state index in [1.807, 2.05) is 43.3 Å². The van der Waals surface area contributed by atoms with Crippen molar-refractivity contribution in [3.05, 3.63) is 82.4 Å². The normalized spacial score (nSPS) is 12.6. The molecule has 3 aromatic carbocycles. The molecule has 3 aromatic rings. The van der Waals surface area contributed by atoms with Gasteiger partial charge in [-0.25, -0.2) is 0 Å². The molecule has 1 atom stereocenters. The zero-order valence-electron chi connectivity index (χ0n) is 11.3. The topological polar surface area (TPSA) is 26.0 Å². The van der Waals surface area contributed by atoms with E-state index in [1.54, 1.807) is 0 Å². The lowest BCUT2D eigenvalue weighted by Gasteiger charge is -2.17. The Morgan fingerprint density at radius 2 is 1.50 bits per heavy atom. The van der Waals surface area contributed by atoms with E-state index in [-0.39, 0.29) is 6.04 Å². The Morgan fingerprint density at radius 1 is 0.850 bits per heavy atom. The highest BCUT2D eigenvalue weighted by Crippen LogP contribution is 2.32. The zero-order valence-corrected chi connectivity index (χ0v) is 12.1. The van der Waals surface area contributed by atoms with E-state index >= 15 is 0 Å². The molecule has 0 spiro atoms. The minimum Gasteiger partial charge on any atom is -0.320 e. The van der Waals surface area contributed by atoms with Crippen molar-refractivity contribution in [2.45, 2.75) is 13.0 Å². The fourth-order valence-corrected chi connectivity index (χ4v) is 2.84. The Bertz CT molecular complexity index is 759. The van der Waals surface area contributed by atoms with Crippen LogP contribution in [0.3, 0.4) is 0 Å². The summed E-state index contributed by atoms with van der Waals surface area (Å²) in [5.41, 5.74) is 9.61. The fraction of sp³-hybridized carbons (Fsp3) is 0.111. The van der Waals surface area contributed by atoms with Gasteiger partial charge in [0.2, 0.25) is 0 Å². The molecule has 0 saturated carbocycles. The van der Waals surface area contributed by atoms with E-state index in [2.05, 4.69) is 24.3 Å². The lowest BCUT2D eigenvalue weighted by molar-refractivity contribution is 0.879. The first-order chi connectivity index (χ1) is 9.68. The maximum Gasteiger partial charge on any atom is 0.0572 e. The minimum atomic E-state index is -0.214. The number of fused-ring (bicyclic) bond motifs is 1. The molecule has 0 aromatic heterocycles. The van der Waals surface area contributed by atoms with Crippen LogP contribution in [0.15, 0.2) is 60.7 Å². The van der Waals surface area contributed by atoms with Crippen molar-refractivity contribution in [1.82, 2.24) is 0 Å². The molecule has 2 N–H and O–H groups in total. The summed E-state index contributed by atoms with van der Waals surface area (Å²) >= 11 is 6.41. The predicted octanol–water partition coefficient (Wildman–Crippen LogP) is 4.85. The Hall–Kier alpha value is -1.83. The van der Waals surface area contributed by atoms with Crippen molar-refractivity contribution < 1.29 is 0 Å². The average molecular weight is 282 g/mol. The molecule has 0 aliphatic rings. The summed E-state index contributed by atoms with van der Waals surface area (Å²) in [6.07, 6.45) is 0. The van der Waals surface area contributed by atoms with Crippen LogP contribution in [-0.2, 0) is 0 Å². The molecule has 2 heteroatoms. The van der Waals surface area contributed by atoms with Gasteiger partial charge in [-0.2, -0.15) is 0 Å². The molecule has 0 radical (unpaired) electrons. The first-order valence-electron chi connectivity index (χ1n) is 6.67. The van der Waals surface area contributed by atoms with Gasteiger partial charge in [-0.15, -0.1) is 0 Å². The van der Waals surface area contributed by atoms with E-state index in [4.69, 9.17) is 17.3 Å². The summed E-state index contributed by atoms with van der Waals surface area (Å²) in [5.74, 6) is 0. The standard InChI is InChI=1S/C18H16ClN/c1-12-6-4-11-16(17(12)19)18(20)15-10-5-8-13-7-2-3-9-14(13)15/h2-11,18H,20H2,1H3. The molecule has 0 bridgehead atoms. The quantitative estimate of drug-likeness (QED) is 0.714. The largest absolute Gasteiger partial charge is 0.320 e. The van der Waals surface area contributed by atoms with Crippen LogP contribution >= 0.6 is 11.6 Å². The number of hydrogen-bond acceptors (Lipinski definition) is 1. The van der Waals surface area contributed by atoms with Gasteiger partial charge in [0, 0.05) is 5.02 Å². The molecule has 0 heterocycles. The van der Waals surface area contributed by atoms with Crippen LogP contribution in [0, 0.1) is 6.92 Å². The van der Waals surface area contributed by atoms with Gasteiger partial charge in [0.05, 0.1) is 6.04 Å². The van der Waals surface area contributed by atoms with Crippen LogP contribution in [0.2, 0.25) is 5.02 Å². The van der Waals surface area contributed by atoms with Crippen molar-refractivity contribution >= 4 is 22.4 Å². The molecule has 100 valence electrons. The number of aryl methyl sites for hydroxylation is 1. The maximum absolute atomic E-state index is 6.47. The van der Waals surface area contributed by atoms with Crippen LogP contribution in [0.4, 0.5) is 0 Å². The predicted molar refractivity (Wildman–Crippen MR) is 86.2 cm³/mol. The third-order valence-electron chi connectivity index (χ3n) is 3.72. The summed E-state index contributed by atoms with van der Waals surface area (Å²) in [5, 5.41) is 3.14. The van der Waals surface area contributed by atoms with E-state index < -0.39 is 0 Å². The first kappa shape index (κ1) is 13.2. The molecule has 0 fully saturated rings. The summed E-state index contributed by atoms with van der Waals surface area (Å²) in [6, 6.07) is 20.3. The van der Waals surface area contributed by atoms with E-state index in [1.165, 1.54) is 10.8 Å². The van der Waals surface area contributed by atoms with Gasteiger partial charge >= 0.3 is 0 Å². The smallest absolute Gasteiger partial charge is 0.0572 e. The Labute approximate surface area is 124 Å². The summed E-state index contributed by atoms with van der Waals surface area (Å²) < 4.78 is 0. The molecule has 1 nitrogen and oxygen atoms in total. The van der Waals surface area contributed by atoms with E-state index in [0.717, 1.165) is 21.7 Å². The third kappa shape index (κ3) is 2.20. The summed E-state index contributed by atoms with van der Waals surface area (Å²) in [4.78, 5) is 0. The number of hydrogen-bond donors (Lipinski definition) is 1. The van der Waals surface area contributed by atoms with Crippen molar-refractivity contribution in [2.24, 2.45) is 5.73 Å². The first-order valence-corrected chi connectivity index (χ1v) is 7.04. The Balaban J connectivity index is 2.18. The van der Waals surface area contributed by atoms with Crippen molar-refractivity contribution in [3.8, 4) is 0 Å². The Kier molecular flexibility index (Phi) is 3.47. The minimum absolute atomic E-state index is 0.214. The van der Waals surface area contributed by atoms with Gasteiger partial charge in [-0.1, -0.05) is 72.3 Å². The maximum atomic E-state index is 6.47. The molecule has 3 rings (SSSR count). The molecular weight excluding hydrogens is 266 g/mol. The SMILES string of the molecule is Cc1cccc(C(N)c2cccc3ccccc23)c1Cl. The van der Waals surface area contributed by atoms with Crippen LogP contribution < -0.4 is 5.73 Å². The molecule has 0 aliphatic carbocycles. The highest BCUT2D eigenvalue weighted by atomic mass is 35.5. The lowest BCUT2D eigenvalue weighted by atomic mass is 9.93. The average Bonchev–Trinajstić information content (AvgIpc) is 2.49. The number of rotatable bonds is 2. The number of halogens is 1. The highest BCUT2D eigenvalue weighted by molar-refractivity contribution is 6.32. The van der Waals surface area contributed by atoms with Crippen molar-refractivity contribution in [3.63, 3.8) is 0 Å². The molecule has 0 saturated heterocycles. The van der Waals surface area contributed by atoms with Gasteiger partial charge in [0.1, 0.15) is 0 Å². The fourth-order valence-electron chi connectivity index (χ4n) is 2.60. The molecular formula is C18H16ClN. The third-order valence-corrected chi connectivity index (χ3v) is 4.23. The molecule has 1 unspecified atom stereocenters. The van der Waals surface area contributed by atoms with Gasteiger partial charge in [0.25, 0.3) is 0 Å². The number of benzene rings is 3. The summed E-state index contributed by atoms with van der Waals surface area (Å²) in [6.45, 7) is 2.00. The van der Waals surface area contributed by atoms with Gasteiger partial charge in [0.15, 0.2) is 0 Å². The molecule has 0 aliphatic heterocycles. The van der Waals surface area contributed by atoms with Crippen molar-refractivity contribution in [1.29, 1.82) is 0 Å². The van der Waals surface area contributed by atoms with Crippen LogP contribution in [0.5, 0.6) is 0 Å². The van der Waals surface area contributed by atoms with E-state index in [0.29, 0.717) is 0 Å².